The van der Waals surface area contributed by atoms with Gasteiger partial charge < -0.3 is 20.3 Å². The van der Waals surface area contributed by atoms with Gasteiger partial charge in [0.1, 0.15) is 0 Å². The minimum absolute atomic E-state index is 0.199. The van der Waals surface area contributed by atoms with Crippen molar-refractivity contribution in [2.24, 2.45) is 0 Å². The van der Waals surface area contributed by atoms with Gasteiger partial charge in [-0.25, -0.2) is 0 Å². The zero-order valence-corrected chi connectivity index (χ0v) is 12.2. The third-order valence-electron chi connectivity index (χ3n) is 2.43. The number of thioether (sulfide) groups is 1. The van der Waals surface area contributed by atoms with Crippen molar-refractivity contribution in [1.29, 1.82) is 0 Å². The molecule has 0 aliphatic heterocycles. The van der Waals surface area contributed by atoms with E-state index in [-0.39, 0.29) is 6.42 Å². The summed E-state index contributed by atoms with van der Waals surface area (Å²) in [5.74, 6) is -1.18. The number of amides is 1. The van der Waals surface area contributed by atoms with Crippen molar-refractivity contribution in [3.63, 3.8) is 0 Å². The van der Waals surface area contributed by atoms with E-state index >= 15 is 0 Å². The number of benzene rings is 1. The summed E-state index contributed by atoms with van der Waals surface area (Å²) in [5, 5.41) is 22.1. The fourth-order valence-electron chi connectivity index (χ4n) is 1.40. The van der Waals surface area contributed by atoms with Crippen molar-refractivity contribution in [1.82, 2.24) is 5.32 Å². The standard InChI is InChI=1S/C13H16ClNO4S/c14-9-3-5-10(6-4-9)20-7-1-2-12(17)15-11(8-16)13(18)19/h3-6,11,16H,1-2,7-8H2,(H,15,17)(H,18,19)/p-1/t11-/m1/s1. The summed E-state index contributed by atoms with van der Waals surface area (Å²) >= 11 is 7.35. The first-order chi connectivity index (χ1) is 9.52. The molecule has 1 atom stereocenters. The molecule has 0 saturated heterocycles. The summed E-state index contributed by atoms with van der Waals surface area (Å²) in [6, 6.07) is 6.03. The van der Waals surface area contributed by atoms with Crippen molar-refractivity contribution in [2.45, 2.75) is 23.8 Å². The van der Waals surface area contributed by atoms with Gasteiger partial charge in [0.15, 0.2) is 0 Å². The summed E-state index contributed by atoms with van der Waals surface area (Å²) in [6.07, 6.45) is 0.800. The van der Waals surface area contributed by atoms with Crippen LogP contribution in [0, 0.1) is 0 Å². The molecule has 0 saturated carbocycles. The molecule has 0 aromatic heterocycles. The molecule has 7 heteroatoms. The van der Waals surface area contributed by atoms with E-state index in [0.29, 0.717) is 11.4 Å². The molecule has 0 radical (unpaired) electrons. The molecule has 0 spiro atoms. The Morgan fingerprint density at radius 3 is 2.55 bits per heavy atom. The Morgan fingerprint density at radius 2 is 2.00 bits per heavy atom. The van der Waals surface area contributed by atoms with E-state index < -0.39 is 24.5 Å². The van der Waals surface area contributed by atoms with Gasteiger partial charge in [-0.05, 0) is 36.4 Å². The number of carboxylic acid groups (broad SMARTS) is 1. The van der Waals surface area contributed by atoms with Crippen molar-refractivity contribution < 1.29 is 19.8 Å². The molecule has 0 aliphatic rings. The lowest BCUT2D eigenvalue weighted by Crippen LogP contribution is -2.50. The van der Waals surface area contributed by atoms with Gasteiger partial charge in [0.2, 0.25) is 5.91 Å². The molecule has 110 valence electrons. The van der Waals surface area contributed by atoms with Crippen LogP contribution in [0.5, 0.6) is 0 Å². The van der Waals surface area contributed by atoms with Gasteiger partial charge in [0.05, 0.1) is 18.6 Å². The van der Waals surface area contributed by atoms with Crippen LogP contribution in [-0.2, 0) is 9.59 Å². The first-order valence-electron chi connectivity index (χ1n) is 6.02. The first-order valence-corrected chi connectivity index (χ1v) is 7.38. The predicted octanol–water partition coefficient (Wildman–Crippen LogP) is 0.439. The van der Waals surface area contributed by atoms with Crippen LogP contribution < -0.4 is 10.4 Å². The van der Waals surface area contributed by atoms with Gasteiger partial charge in [-0.15, -0.1) is 11.8 Å². The Kier molecular flexibility index (Phi) is 7.43. The normalized spacial score (nSPS) is 11.9. The van der Waals surface area contributed by atoms with E-state index in [4.69, 9.17) is 16.7 Å². The molecule has 0 aliphatic carbocycles. The number of carboxylic acids is 1. The number of carbonyl (C=O) groups excluding carboxylic acids is 2. The van der Waals surface area contributed by atoms with Crippen molar-refractivity contribution in [3.8, 4) is 0 Å². The Morgan fingerprint density at radius 1 is 1.35 bits per heavy atom. The highest BCUT2D eigenvalue weighted by atomic mass is 35.5. The lowest BCUT2D eigenvalue weighted by molar-refractivity contribution is -0.309. The zero-order valence-electron chi connectivity index (χ0n) is 10.7. The number of carbonyl (C=O) groups is 2. The first kappa shape index (κ1) is 16.8. The van der Waals surface area contributed by atoms with Crippen molar-refractivity contribution in [3.05, 3.63) is 29.3 Å². The van der Waals surface area contributed by atoms with Crippen LogP contribution >= 0.6 is 23.4 Å². The fraction of sp³-hybridized carbons (Fsp3) is 0.385. The summed E-state index contributed by atoms with van der Waals surface area (Å²) in [5.41, 5.74) is 0. The van der Waals surface area contributed by atoms with Crippen LogP contribution in [0.2, 0.25) is 5.02 Å². The van der Waals surface area contributed by atoms with Crippen LogP contribution in [0.1, 0.15) is 12.8 Å². The summed E-state index contributed by atoms with van der Waals surface area (Å²) in [7, 11) is 0. The van der Waals surface area contributed by atoms with Gasteiger partial charge >= 0.3 is 0 Å². The number of aliphatic hydroxyl groups is 1. The number of hydrogen-bond donors (Lipinski definition) is 2. The number of halogens is 1. The number of aliphatic hydroxyl groups excluding tert-OH is 1. The minimum atomic E-state index is -1.49. The second-order valence-electron chi connectivity index (χ2n) is 4.03. The quantitative estimate of drug-likeness (QED) is 0.536. The predicted molar refractivity (Wildman–Crippen MR) is 75.4 cm³/mol. The average molecular weight is 317 g/mol. The van der Waals surface area contributed by atoms with Gasteiger partial charge in [-0.2, -0.15) is 0 Å². The number of aliphatic carboxylic acids is 1. The molecule has 20 heavy (non-hydrogen) atoms. The second-order valence-corrected chi connectivity index (χ2v) is 5.63. The highest BCUT2D eigenvalue weighted by molar-refractivity contribution is 7.99. The number of rotatable bonds is 8. The lowest BCUT2D eigenvalue weighted by Gasteiger charge is -2.16. The molecule has 2 N–H and O–H groups in total. The van der Waals surface area contributed by atoms with Crippen LogP contribution in [0.15, 0.2) is 29.2 Å². The molecule has 0 fully saturated rings. The Labute approximate surface area is 126 Å². The number of hydrogen-bond acceptors (Lipinski definition) is 5. The molecule has 0 unspecified atom stereocenters. The van der Waals surface area contributed by atoms with E-state index in [9.17, 15) is 14.7 Å². The lowest BCUT2D eigenvalue weighted by atomic mass is 10.2. The maximum absolute atomic E-state index is 11.4. The van der Waals surface area contributed by atoms with E-state index in [0.717, 1.165) is 10.6 Å². The minimum Gasteiger partial charge on any atom is -0.548 e. The van der Waals surface area contributed by atoms with Gasteiger partial charge in [-0.1, -0.05) is 11.6 Å². The molecular formula is C13H15ClNO4S-. The fourth-order valence-corrected chi connectivity index (χ4v) is 2.38. The van der Waals surface area contributed by atoms with Gasteiger partial charge in [0, 0.05) is 16.3 Å². The maximum atomic E-state index is 11.4. The maximum Gasteiger partial charge on any atom is 0.220 e. The smallest absolute Gasteiger partial charge is 0.220 e. The third kappa shape index (κ3) is 6.27. The second kappa shape index (κ2) is 8.84. The Balaban J connectivity index is 2.22. The number of nitrogens with one attached hydrogen (secondary N) is 1. The molecule has 1 amide bonds. The van der Waals surface area contributed by atoms with Crippen LogP contribution in [0.4, 0.5) is 0 Å². The summed E-state index contributed by atoms with van der Waals surface area (Å²) in [4.78, 5) is 23.0. The molecule has 0 heterocycles. The van der Waals surface area contributed by atoms with Crippen molar-refractivity contribution >= 4 is 35.2 Å². The van der Waals surface area contributed by atoms with E-state index in [1.54, 1.807) is 23.9 Å². The zero-order chi connectivity index (χ0) is 15.0. The molecule has 5 nitrogen and oxygen atoms in total. The largest absolute Gasteiger partial charge is 0.548 e. The molecule has 0 bridgehead atoms. The van der Waals surface area contributed by atoms with Crippen molar-refractivity contribution in [2.75, 3.05) is 12.4 Å². The highest BCUT2D eigenvalue weighted by Gasteiger charge is 2.11. The van der Waals surface area contributed by atoms with Crippen LogP contribution in [0.25, 0.3) is 0 Å². The Hall–Kier alpha value is -1.24. The molecule has 1 aromatic rings. The molecule has 1 rings (SSSR count). The van der Waals surface area contributed by atoms with Crippen LogP contribution in [0.3, 0.4) is 0 Å². The van der Waals surface area contributed by atoms with E-state index in [1.165, 1.54) is 0 Å². The van der Waals surface area contributed by atoms with E-state index in [1.807, 2.05) is 12.1 Å². The monoisotopic (exact) mass is 316 g/mol. The average Bonchev–Trinajstić information content (AvgIpc) is 2.42. The third-order valence-corrected chi connectivity index (χ3v) is 3.78. The van der Waals surface area contributed by atoms with Gasteiger partial charge in [-0.3, -0.25) is 4.79 Å². The van der Waals surface area contributed by atoms with Gasteiger partial charge in [0.25, 0.3) is 0 Å². The highest BCUT2D eigenvalue weighted by Crippen LogP contribution is 2.21. The molecular weight excluding hydrogens is 302 g/mol. The molecule has 1 aromatic carbocycles. The Bertz CT molecular complexity index is 452. The van der Waals surface area contributed by atoms with E-state index in [2.05, 4.69) is 5.32 Å². The van der Waals surface area contributed by atoms with Crippen LogP contribution in [-0.4, -0.2) is 35.4 Å². The topological polar surface area (TPSA) is 89.5 Å². The summed E-state index contributed by atoms with van der Waals surface area (Å²) in [6.45, 7) is -0.673. The SMILES string of the molecule is O=C(CCCSc1ccc(Cl)cc1)N[C@H](CO)C(=O)[O-]. The summed E-state index contributed by atoms with van der Waals surface area (Å²) < 4.78 is 0.